The summed E-state index contributed by atoms with van der Waals surface area (Å²) < 4.78 is 150. The molecule has 0 amide bonds. The molecule has 2 heterocycles. The quantitative estimate of drug-likeness (QED) is 0.0363. The molecule has 0 atom stereocenters. The molecule has 0 bridgehead atoms. The second kappa shape index (κ2) is 21.1. The molecule has 0 spiro atoms. The summed E-state index contributed by atoms with van der Waals surface area (Å²) in [6.45, 7) is 2.37. The van der Waals surface area contributed by atoms with Gasteiger partial charge in [-0.25, -0.2) is 35.1 Å². The first kappa shape index (κ1) is 48.6. The molecule has 0 aliphatic heterocycles. The summed E-state index contributed by atoms with van der Waals surface area (Å²) in [5.74, 6) is -14.6. The molecular formula is C52H40F8N2O6. The molecular weight excluding hydrogens is 901 g/mol. The predicted molar refractivity (Wildman–Crippen MR) is 237 cm³/mol. The SMILES string of the molecule is COCCOc1ccc(-c2cccc(-c3ccc(OCCOC)c(-c4c(F)c(F)c(Cc5ccnc(C(C)=O)c5)c(F)c4F)c3)c2)cc1-c1c(F)c(F)c(Cc2ccnc(C(C)=O)c2)c(F)c1F. The number of aromatic nitrogens is 2. The smallest absolute Gasteiger partial charge is 0.178 e. The number of methoxy groups -OCH3 is 2. The number of rotatable bonds is 18. The first-order valence-corrected chi connectivity index (χ1v) is 20.9. The van der Waals surface area contributed by atoms with E-state index in [9.17, 15) is 9.59 Å². The topological polar surface area (TPSA) is 96.8 Å². The van der Waals surface area contributed by atoms with E-state index in [0.717, 1.165) is 0 Å². The molecule has 5 aromatic carbocycles. The summed E-state index contributed by atoms with van der Waals surface area (Å²) in [6, 6.07) is 20.0. The van der Waals surface area contributed by atoms with Crippen LogP contribution >= 0.6 is 0 Å². The lowest BCUT2D eigenvalue weighted by atomic mass is 9.92. The zero-order chi connectivity index (χ0) is 48.8. The van der Waals surface area contributed by atoms with Crippen LogP contribution in [0.2, 0.25) is 0 Å². The van der Waals surface area contributed by atoms with Crippen LogP contribution in [-0.2, 0) is 22.3 Å². The maximum atomic E-state index is 16.2. The van der Waals surface area contributed by atoms with Gasteiger partial charge in [0.25, 0.3) is 0 Å². The molecule has 0 radical (unpaired) electrons. The molecule has 0 aliphatic carbocycles. The number of benzene rings is 5. The van der Waals surface area contributed by atoms with Gasteiger partial charge >= 0.3 is 0 Å². The van der Waals surface area contributed by atoms with Gasteiger partial charge in [-0.3, -0.25) is 19.6 Å². The summed E-state index contributed by atoms with van der Waals surface area (Å²) >= 11 is 0. The predicted octanol–water partition coefficient (Wildman–Crippen LogP) is 11.9. The highest BCUT2D eigenvalue weighted by Gasteiger charge is 2.31. The minimum Gasteiger partial charge on any atom is -0.491 e. The lowest BCUT2D eigenvalue weighted by Crippen LogP contribution is -2.10. The van der Waals surface area contributed by atoms with Gasteiger partial charge in [0.1, 0.15) is 36.1 Å². The van der Waals surface area contributed by atoms with Crippen molar-refractivity contribution in [2.45, 2.75) is 26.7 Å². The Kier molecular flexibility index (Phi) is 15.1. The molecule has 0 unspecified atom stereocenters. The van der Waals surface area contributed by atoms with Gasteiger partial charge in [-0.1, -0.05) is 30.3 Å². The Balaban J connectivity index is 1.31. The van der Waals surface area contributed by atoms with E-state index in [1.807, 2.05) is 0 Å². The number of ketones is 2. The van der Waals surface area contributed by atoms with Crippen molar-refractivity contribution in [1.82, 2.24) is 9.97 Å². The van der Waals surface area contributed by atoms with Crippen LogP contribution < -0.4 is 9.47 Å². The highest BCUT2D eigenvalue weighted by Crippen LogP contribution is 2.43. The van der Waals surface area contributed by atoms with E-state index in [1.54, 1.807) is 24.3 Å². The van der Waals surface area contributed by atoms with Crippen LogP contribution in [0.15, 0.2) is 97.3 Å². The fourth-order valence-electron chi connectivity index (χ4n) is 7.51. The number of halogens is 8. The van der Waals surface area contributed by atoms with Gasteiger partial charge in [-0.2, -0.15) is 0 Å². The molecule has 0 N–H and O–H groups in total. The normalized spacial score (nSPS) is 11.2. The Hall–Kier alpha value is -7.30. The molecule has 7 aromatic rings. The zero-order valence-electron chi connectivity index (χ0n) is 36.8. The lowest BCUT2D eigenvalue weighted by molar-refractivity contribution is 0.100. The van der Waals surface area contributed by atoms with Gasteiger partial charge in [0.2, 0.25) is 0 Å². The molecule has 8 nitrogen and oxygen atoms in total. The van der Waals surface area contributed by atoms with Crippen LogP contribution in [-0.4, -0.2) is 62.2 Å². The van der Waals surface area contributed by atoms with Crippen molar-refractivity contribution in [2.75, 3.05) is 40.6 Å². The van der Waals surface area contributed by atoms with Gasteiger partial charge in [0.05, 0.1) is 24.3 Å². The van der Waals surface area contributed by atoms with E-state index in [2.05, 4.69) is 9.97 Å². The van der Waals surface area contributed by atoms with Crippen molar-refractivity contribution < 1.29 is 63.7 Å². The number of hydrogen-bond donors (Lipinski definition) is 0. The van der Waals surface area contributed by atoms with Crippen LogP contribution in [0.25, 0.3) is 44.5 Å². The highest BCUT2D eigenvalue weighted by molar-refractivity contribution is 5.92. The van der Waals surface area contributed by atoms with Gasteiger partial charge in [0.15, 0.2) is 58.1 Å². The zero-order valence-corrected chi connectivity index (χ0v) is 36.8. The maximum absolute atomic E-state index is 16.2. The summed E-state index contributed by atoms with van der Waals surface area (Å²) in [4.78, 5) is 31.5. The molecule has 7 rings (SSSR count). The van der Waals surface area contributed by atoms with E-state index in [0.29, 0.717) is 11.1 Å². The third-order valence-electron chi connectivity index (χ3n) is 11.0. The highest BCUT2D eigenvalue weighted by atomic mass is 19.2. The van der Waals surface area contributed by atoms with Crippen LogP contribution in [0.4, 0.5) is 35.1 Å². The summed E-state index contributed by atoms with van der Waals surface area (Å²) in [5.41, 5.74) is -2.99. The minimum atomic E-state index is -1.71. The average molecular weight is 941 g/mol. The van der Waals surface area contributed by atoms with Gasteiger partial charge in [0, 0.05) is 75.6 Å². The molecule has 0 fully saturated rings. The van der Waals surface area contributed by atoms with E-state index < -0.39 is 93.2 Å². The first-order valence-electron chi connectivity index (χ1n) is 20.9. The second-order valence-corrected chi connectivity index (χ2v) is 15.5. The number of carbonyl (C=O) groups excluding carboxylic acids is 2. The fourth-order valence-corrected chi connectivity index (χ4v) is 7.51. The number of pyridine rings is 2. The lowest BCUT2D eigenvalue weighted by Gasteiger charge is -2.18. The maximum Gasteiger partial charge on any atom is 0.178 e. The van der Waals surface area contributed by atoms with Crippen molar-refractivity contribution >= 4 is 11.6 Å². The van der Waals surface area contributed by atoms with Crippen molar-refractivity contribution in [3.8, 4) is 56.0 Å². The minimum absolute atomic E-state index is 0.00682. The number of hydrogen-bond acceptors (Lipinski definition) is 8. The molecule has 0 saturated carbocycles. The molecule has 68 heavy (non-hydrogen) atoms. The number of ether oxygens (including phenoxy) is 4. The third kappa shape index (κ3) is 10.2. The molecule has 16 heteroatoms. The standard InChI is InChI=1S/C52H40F8N2O6/c1-27(63)39-22-29(12-14-61-39)20-37-45(53)49(57)43(50(58)46(37)54)35-25-33(8-10-41(35)67-18-16-65-3)31-6-5-7-32(24-31)34-9-11-42(68-19-17-66-4)36(26-34)44-51(59)47(55)38(48(56)52(44)60)21-30-13-15-62-40(23-30)28(2)64/h5-15,22-26H,16-21H2,1-4H3. The van der Waals surface area contributed by atoms with Crippen LogP contribution in [0.5, 0.6) is 11.5 Å². The second-order valence-electron chi connectivity index (χ2n) is 15.5. The number of Topliss-reactive ketones (excluding diaryl/α,β-unsaturated/α-hetero) is 2. The van der Waals surface area contributed by atoms with E-state index in [4.69, 9.17) is 18.9 Å². The number of nitrogens with zero attached hydrogens (tertiary/aromatic N) is 2. The van der Waals surface area contributed by atoms with Gasteiger partial charge < -0.3 is 18.9 Å². The monoisotopic (exact) mass is 940 g/mol. The molecule has 2 aromatic heterocycles. The summed E-state index contributed by atoms with van der Waals surface area (Å²) in [6.07, 6.45) is 1.26. The first-order chi connectivity index (χ1) is 32.6. The fraction of sp³-hybridized carbons (Fsp3) is 0.192. The van der Waals surface area contributed by atoms with E-state index in [-0.39, 0.29) is 82.7 Å². The van der Waals surface area contributed by atoms with E-state index >= 15 is 35.1 Å². The Morgan fingerprint density at radius 1 is 0.456 bits per heavy atom. The van der Waals surface area contributed by atoms with Crippen molar-refractivity contribution in [3.63, 3.8) is 0 Å². The number of carbonyl (C=O) groups is 2. The summed E-state index contributed by atoms with van der Waals surface area (Å²) in [7, 11) is 2.79. The largest absolute Gasteiger partial charge is 0.491 e. The van der Waals surface area contributed by atoms with Crippen molar-refractivity contribution in [2.24, 2.45) is 0 Å². The van der Waals surface area contributed by atoms with Gasteiger partial charge in [-0.05, 0) is 88.0 Å². The van der Waals surface area contributed by atoms with Crippen LogP contribution in [0.3, 0.4) is 0 Å². The molecule has 350 valence electrons. The van der Waals surface area contributed by atoms with E-state index in [1.165, 1.54) is 101 Å². The Labute approximate surface area is 385 Å². The average Bonchev–Trinajstić information content (AvgIpc) is 3.34. The van der Waals surface area contributed by atoms with Gasteiger partial charge in [-0.15, -0.1) is 0 Å². The molecule has 0 saturated heterocycles. The summed E-state index contributed by atoms with van der Waals surface area (Å²) in [5, 5.41) is 0. The van der Waals surface area contributed by atoms with Crippen molar-refractivity contribution in [1.29, 1.82) is 0 Å². The molecule has 0 aliphatic rings. The van der Waals surface area contributed by atoms with Crippen LogP contribution in [0.1, 0.15) is 57.1 Å². The Bertz CT molecular complexity index is 2810. The van der Waals surface area contributed by atoms with Crippen LogP contribution in [0, 0.1) is 46.5 Å². The third-order valence-corrected chi connectivity index (χ3v) is 11.0. The Morgan fingerprint density at radius 3 is 1.18 bits per heavy atom. The Morgan fingerprint density at radius 2 is 0.824 bits per heavy atom. The van der Waals surface area contributed by atoms with Crippen molar-refractivity contribution in [3.05, 3.63) is 178 Å².